The van der Waals surface area contributed by atoms with E-state index in [2.05, 4.69) is 31.2 Å². The topological polar surface area (TPSA) is 47.0 Å². The summed E-state index contributed by atoms with van der Waals surface area (Å²) in [4.78, 5) is 8.59. The maximum absolute atomic E-state index is 5.90. The molecule has 0 aliphatic carbocycles. The van der Waals surface area contributed by atoms with Crippen LogP contribution in [0.5, 0.6) is 5.75 Å². The van der Waals surface area contributed by atoms with Crippen LogP contribution in [-0.2, 0) is 6.61 Å². The number of hydrogen-bond acceptors (Lipinski definition) is 5. The highest BCUT2D eigenvalue weighted by Crippen LogP contribution is 2.35. The first-order chi connectivity index (χ1) is 10.7. The summed E-state index contributed by atoms with van der Waals surface area (Å²) in [6.45, 7) is 2.46. The van der Waals surface area contributed by atoms with Crippen molar-refractivity contribution in [3.8, 4) is 5.75 Å². The number of halogens is 1. The van der Waals surface area contributed by atoms with Gasteiger partial charge in [-0.2, -0.15) is 0 Å². The maximum Gasteiger partial charge on any atom is 0.187 e. The van der Waals surface area contributed by atoms with Crippen molar-refractivity contribution in [2.24, 2.45) is 0 Å². The molecular formula is C16H14BrN3OS. The Hall–Kier alpha value is -1.92. The van der Waals surface area contributed by atoms with Gasteiger partial charge in [0.2, 0.25) is 0 Å². The minimum atomic E-state index is 0.491. The Bertz CT molecular complexity index is 761. The number of rotatable bonds is 5. The number of pyridine rings is 1. The smallest absolute Gasteiger partial charge is 0.187 e. The summed E-state index contributed by atoms with van der Waals surface area (Å²) in [5.41, 5.74) is 2.93. The molecule has 1 N–H and O–H groups in total. The Kier molecular flexibility index (Phi) is 4.70. The largest absolute Gasteiger partial charge is 0.485 e. The second kappa shape index (κ2) is 6.89. The fourth-order valence-electron chi connectivity index (χ4n) is 1.90. The molecule has 0 bridgehead atoms. The highest BCUT2D eigenvalue weighted by molar-refractivity contribution is 9.10. The molecule has 0 fully saturated rings. The Morgan fingerprint density at radius 1 is 1.23 bits per heavy atom. The molecule has 6 heteroatoms. The molecule has 0 saturated carbocycles. The lowest BCUT2D eigenvalue weighted by molar-refractivity contribution is 0.306. The minimum absolute atomic E-state index is 0.491. The van der Waals surface area contributed by atoms with Crippen LogP contribution in [0.1, 0.15) is 11.3 Å². The van der Waals surface area contributed by atoms with Gasteiger partial charge in [-0.3, -0.25) is 4.98 Å². The standard InChI is InChI=1S/C16H14BrN3OS/c1-11-10-22-16(19-11)20-15-13(17)7-18-8-14(15)21-9-12-5-3-2-4-6-12/h2-8,10H,9H2,1H3,(H,18,19,20). The number of thiazole rings is 1. The van der Waals surface area contributed by atoms with E-state index in [1.165, 1.54) is 0 Å². The molecule has 3 aromatic rings. The van der Waals surface area contributed by atoms with E-state index in [0.29, 0.717) is 12.4 Å². The molecule has 2 heterocycles. The highest BCUT2D eigenvalue weighted by atomic mass is 79.9. The van der Waals surface area contributed by atoms with Gasteiger partial charge in [-0.25, -0.2) is 4.98 Å². The first-order valence-corrected chi connectivity index (χ1v) is 8.39. The van der Waals surface area contributed by atoms with Crippen LogP contribution in [0, 0.1) is 6.92 Å². The Morgan fingerprint density at radius 2 is 2.05 bits per heavy atom. The fraction of sp³-hybridized carbons (Fsp3) is 0.125. The maximum atomic E-state index is 5.90. The highest BCUT2D eigenvalue weighted by Gasteiger charge is 2.11. The van der Waals surface area contributed by atoms with Crippen LogP contribution in [-0.4, -0.2) is 9.97 Å². The minimum Gasteiger partial charge on any atom is -0.485 e. The molecule has 22 heavy (non-hydrogen) atoms. The lowest BCUT2D eigenvalue weighted by atomic mass is 10.2. The van der Waals surface area contributed by atoms with Crippen LogP contribution in [0.25, 0.3) is 0 Å². The van der Waals surface area contributed by atoms with E-state index in [1.807, 2.05) is 42.6 Å². The average Bonchev–Trinajstić information content (AvgIpc) is 2.94. The van der Waals surface area contributed by atoms with E-state index in [-0.39, 0.29) is 0 Å². The van der Waals surface area contributed by atoms with E-state index in [9.17, 15) is 0 Å². The van der Waals surface area contributed by atoms with Gasteiger partial charge in [0.1, 0.15) is 12.3 Å². The number of hydrogen-bond donors (Lipinski definition) is 1. The molecule has 2 aromatic heterocycles. The first kappa shape index (κ1) is 15.0. The Morgan fingerprint density at radius 3 is 2.77 bits per heavy atom. The molecule has 4 nitrogen and oxygen atoms in total. The molecule has 0 unspecified atom stereocenters. The first-order valence-electron chi connectivity index (χ1n) is 6.72. The number of aryl methyl sites for hydroxylation is 1. The van der Waals surface area contributed by atoms with E-state index in [0.717, 1.165) is 26.5 Å². The molecule has 112 valence electrons. The summed E-state index contributed by atoms with van der Waals surface area (Å²) in [5, 5.41) is 6.12. The summed E-state index contributed by atoms with van der Waals surface area (Å²) in [7, 11) is 0. The van der Waals surface area contributed by atoms with Gasteiger partial charge in [0.05, 0.1) is 16.4 Å². The summed E-state index contributed by atoms with van der Waals surface area (Å²) >= 11 is 5.07. The quantitative estimate of drug-likeness (QED) is 0.686. The molecule has 0 aliphatic rings. The van der Waals surface area contributed by atoms with Gasteiger partial charge in [-0.15, -0.1) is 11.3 Å². The summed E-state index contributed by atoms with van der Waals surface area (Å²) in [6.07, 6.45) is 3.44. The molecule has 1 aromatic carbocycles. The van der Waals surface area contributed by atoms with Crippen molar-refractivity contribution in [2.45, 2.75) is 13.5 Å². The van der Waals surface area contributed by atoms with Crippen LogP contribution in [0.2, 0.25) is 0 Å². The average molecular weight is 376 g/mol. The van der Waals surface area contributed by atoms with Crippen molar-refractivity contribution in [1.82, 2.24) is 9.97 Å². The van der Waals surface area contributed by atoms with E-state index in [4.69, 9.17) is 4.74 Å². The Labute approximate surface area is 141 Å². The molecule has 0 saturated heterocycles. The van der Waals surface area contributed by atoms with Gasteiger partial charge in [0, 0.05) is 11.6 Å². The zero-order valence-corrected chi connectivity index (χ0v) is 14.3. The fourth-order valence-corrected chi connectivity index (χ4v) is 3.01. The van der Waals surface area contributed by atoms with Crippen molar-refractivity contribution in [3.05, 3.63) is 63.8 Å². The van der Waals surface area contributed by atoms with Crippen LogP contribution >= 0.6 is 27.3 Å². The predicted molar refractivity (Wildman–Crippen MR) is 92.8 cm³/mol. The zero-order valence-electron chi connectivity index (χ0n) is 11.9. The molecule has 0 amide bonds. The number of aromatic nitrogens is 2. The molecule has 0 atom stereocenters. The van der Waals surface area contributed by atoms with Crippen LogP contribution in [0.15, 0.2) is 52.6 Å². The predicted octanol–water partition coefficient (Wildman–Crippen LogP) is 4.93. The van der Waals surface area contributed by atoms with Crippen molar-refractivity contribution in [2.75, 3.05) is 5.32 Å². The van der Waals surface area contributed by atoms with Crippen LogP contribution in [0.3, 0.4) is 0 Å². The second-order valence-electron chi connectivity index (χ2n) is 4.69. The molecule has 0 aliphatic heterocycles. The Balaban J connectivity index is 1.80. The number of nitrogens with zero attached hydrogens (tertiary/aromatic N) is 2. The van der Waals surface area contributed by atoms with Crippen LogP contribution in [0.4, 0.5) is 10.8 Å². The van der Waals surface area contributed by atoms with Gasteiger partial charge in [-0.05, 0) is 28.4 Å². The van der Waals surface area contributed by atoms with Gasteiger partial charge < -0.3 is 10.1 Å². The summed E-state index contributed by atoms with van der Waals surface area (Å²) in [6, 6.07) is 10.0. The van der Waals surface area contributed by atoms with Gasteiger partial charge in [-0.1, -0.05) is 30.3 Å². The molecule has 0 spiro atoms. The van der Waals surface area contributed by atoms with Crippen LogP contribution < -0.4 is 10.1 Å². The molecule has 3 rings (SSSR count). The number of benzene rings is 1. The van der Waals surface area contributed by atoms with Crippen molar-refractivity contribution < 1.29 is 4.74 Å². The molecule has 0 radical (unpaired) electrons. The molecular weight excluding hydrogens is 362 g/mol. The second-order valence-corrected chi connectivity index (χ2v) is 6.40. The summed E-state index contributed by atoms with van der Waals surface area (Å²) < 4.78 is 6.74. The van der Waals surface area contributed by atoms with E-state index >= 15 is 0 Å². The van der Waals surface area contributed by atoms with Crippen molar-refractivity contribution >= 4 is 38.1 Å². The SMILES string of the molecule is Cc1csc(Nc2c(Br)cncc2OCc2ccccc2)n1. The van der Waals surface area contributed by atoms with E-state index < -0.39 is 0 Å². The van der Waals surface area contributed by atoms with Crippen molar-refractivity contribution in [3.63, 3.8) is 0 Å². The van der Waals surface area contributed by atoms with Gasteiger partial charge in [0.15, 0.2) is 10.9 Å². The lowest BCUT2D eigenvalue weighted by Gasteiger charge is -2.13. The number of ether oxygens (including phenoxy) is 1. The lowest BCUT2D eigenvalue weighted by Crippen LogP contribution is -2.00. The number of anilines is 2. The normalized spacial score (nSPS) is 10.5. The summed E-state index contributed by atoms with van der Waals surface area (Å²) in [5.74, 6) is 0.686. The number of nitrogens with one attached hydrogen (secondary N) is 1. The third-order valence-electron chi connectivity index (χ3n) is 2.95. The van der Waals surface area contributed by atoms with Gasteiger partial charge in [0.25, 0.3) is 0 Å². The third-order valence-corrected chi connectivity index (χ3v) is 4.43. The third kappa shape index (κ3) is 3.64. The van der Waals surface area contributed by atoms with Crippen molar-refractivity contribution in [1.29, 1.82) is 0 Å². The zero-order chi connectivity index (χ0) is 15.4. The van der Waals surface area contributed by atoms with E-state index in [1.54, 1.807) is 23.7 Å². The monoisotopic (exact) mass is 375 g/mol. The van der Waals surface area contributed by atoms with Gasteiger partial charge >= 0.3 is 0 Å².